The summed E-state index contributed by atoms with van der Waals surface area (Å²) in [6, 6.07) is 18.2. The lowest BCUT2D eigenvalue weighted by Crippen LogP contribution is -2.05. The maximum absolute atomic E-state index is 9.22. The van der Waals surface area contributed by atoms with Gasteiger partial charge in [0.1, 0.15) is 0 Å². The molecule has 2 aromatic carbocycles. The van der Waals surface area contributed by atoms with Gasteiger partial charge < -0.3 is 9.67 Å². The molecule has 0 amide bonds. The van der Waals surface area contributed by atoms with Gasteiger partial charge in [-0.05, 0) is 41.7 Å². The third-order valence-electron chi connectivity index (χ3n) is 4.05. The van der Waals surface area contributed by atoms with Gasteiger partial charge in [0.15, 0.2) is 0 Å². The number of aromatic nitrogens is 2. The fraction of sp³-hybridized carbons (Fsp3) is 0.200. The molecule has 1 aromatic heterocycles. The molecule has 0 radical (unpaired) electrons. The van der Waals surface area contributed by atoms with E-state index in [-0.39, 0.29) is 6.61 Å². The summed E-state index contributed by atoms with van der Waals surface area (Å²) in [4.78, 5) is 4.23. The fourth-order valence-corrected chi connectivity index (χ4v) is 2.84. The first-order valence-electron chi connectivity index (χ1n) is 8.00. The molecule has 24 heavy (non-hydrogen) atoms. The Bertz CT molecular complexity index is 847. The molecule has 4 nitrogen and oxygen atoms in total. The van der Waals surface area contributed by atoms with Crippen LogP contribution in [0.5, 0.6) is 0 Å². The number of benzene rings is 2. The van der Waals surface area contributed by atoms with Crippen LogP contribution in [0.3, 0.4) is 0 Å². The van der Waals surface area contributed by atoms with Crippen molar-refractivity contribution in [2.45, 2.75) is 19.4 Å². The fourth-order valence-electron chi connectivity index (χ4n) is 2.84. The predicted molar refractivity (Wildman–Crippen MR) is 93.3 cm³/mol. The molecule has 0 saturated carbocycles. The molecule has 0 atom stereocenters. The van der Waals surface area contributed by atoms with Crippen LogP contribution in [0.1, 0.15) is 23.2 Å². The Hall–Kier alpha value is -2.90. The van der Waals surface area contributed by atoms with Crippen molar-refractivity contribution in [3.8, 4) is 17.2 Å². The van der Waals surface area contributed by atoms with Crippen molar-refractivity contribution in [3.05, 3.63) is 77.9 Å². The molecular formula is C20H19N3O. The van der Waals surface area contributed by atoms with Gasteiger partial charge in [-0.2, -0.15) is 5.26 Å². The number of hydrogen-bond donors (Lipinski definition) is 1. The highest BCUT2D eigenvalue weighted by Crippen LogP contribution is 2.26. The number of aliphatic hydroxyl groups is 1. The molecule has 0 saturated heterocycles. The van der Waals surface area contributed by atoms with Crippen LogP contribution in [0.25, 0.3) is 11.1 Å². The van der Waals surface area contributed by atoms with Crippen LogP contribution in [0, 0.1) is 11.3 Å². The highest BCUT2D eigenvalue weighted by molar-refractivity contribution is 5.68. The summed E-state index contributed by atoms with van der Waals surface area (Å²) in [5, 5.41) is 18.3. The van der Waals surface area contributed by atoms with Gasteiger partial charge in [0.25, 0.3) is 0 Å². The van der Waals surface area contributed by atoms with Gasteiger partial charge in [-0.3, -0.25) is 0 Å². The van der Waals surface area contributed by atoms with E-state index in [0.29, 0.717) is 12.1 Å². The number of aliphatic hydroxyl groups excluding tert-OH is 1. The monoisotopic (exact) mass is 317 g/mol. The SMILES string of the molecule is N#Cc1ccc(-c2ccccc2)c(Cn2cncc2CCCO)c1. The molecular weight excluding hydrogens is 298 g/mol. The molecule has 3 aromatic rings. The van der Waals surface area contributed by atoms with Crippen molar-refractivity contribution in [3.63, 3.8) is 0 Å². The lowest BCUT2D eigenvalue weighted by atomic mass is 9.97. The van der Waals surface area contributed by atoms with Crippen molar-refractivity contribution in [1.82, 2.24) is 9.55 Å². The molecule has 1 N–H and O–H groups in total. The standard InChI is InChI=1S/C20H19N3O/c21-12-16-8-9-20(17-5-2-1-3-6-17)18(11-16)14-23-15-22-13-19(23)7-4-10-24/h1-3,5-6,8-9,11,13,15,24H,4,7,10,14H2. The normalized spacial score (nSPS) is 10.5. The second kappa shape index (κ2) is 7.58. The number of rotatable bonds is 6. The van der Waals surface area contributed by atoms with E-state index in [0.717, 1.165) is 35.2 Å². The Morgan fingerprint density at radius 1 is 1.12 bits per heavy atom. The minimum Gasteiger partial charge on any atom is -0.396 e. The minimum atomic E-state index is 0.171. The van der Waals surface area contributed by atoms with Gasteiger partial charge in [0.2, 0.25) is 0 Å². The number of nitrogens with zero attached hydrogens (tertiary/aromatic N) is 3. The summed E-state index contributed by atoms with van der Waals surface area (Å²) in [7, 11) is 0. The first kappa shape index (κ1) is 16.0. The van der Waals surface area contributed by atoms with E-state index < -0.39 is 0 Å². The summed E-state index contributed by atoms with van der Waals surface area (Å²) in [6.45, 7) is 0.824. The summed E-state index contributed by atoms with van der Waals surface area (Å²) < 4.78 is 2.08. The molecule has 0 aliphatic rings. The third-order valence-corrected chi connectivity index (χ3v) is 4.05. The first-order valence-corrected chi connectivity index (χ1v) is 8.00. The zero-order valence-corrected chi connectivity index (χ0v) is 13.4. The van der Waals surface area contributed by atoms with Crippen LogP contribution in [-0.2, 0) is 13.0 Å². The molecule has 0 bridgehead atoms. The minimum absolute atomic E-state index is 0.171. The van der Waals surface area contributed by atoms with Gasteiger partial charge in [-0.1, -0.05) is 36.4 Å². The summed E-state index contributed by atoms with van der Waals surface area (Å²) in [5.41, 5.74) is 5.08. The second-order valence-corrected chi connectivity index (χ2v) is 5.69. The summed E-state index contributed by atoms with van der Waals surface area (Å²) in [5.74, 6) is 0. The lowest BCUT2D eigenvalue weighted by molar-refractivity contribution is 0.287. The summed E-state index contributed by atoms with van der Waals surface area (Å²) >= 11 is 0. The molecule has 0 spiro atoms. The van der Waals surface area contributed by atoms with Gasteiger partial charge in [-0.15, -0.1) is 0 Å². The van der Waals surface area contributed by atoms with Crippen LogP contribution in [0.15, 0.2) is 61.1 Å². The Labute approximate surface area is 141 Å². The molecule has 1 heterocycles. The van der Waals surface area contributed by atoms with E-state index in [9.17, 15) is 5.26 Å². The lowest BCUT2D eigenvalue weighted by Gasteiger charge is -2.13. The molecule has 120 valence electrons. The van der Waals surface area contributed by atoms with E-state index in [2.05, 4.69) is 27.8 Å². The first-order chi connectivity index (χ1) is 11.8. The van der Waals surface area contributed by atoms with Gasteiger partial charge >= 0.3 is 0 Å². The van der Waals surface area contributed by atoms with Crippen LogP contribution in [-0.4, -0.2) is 21.3 Å². The third kappa shape index (κ3) is 3.53. The summed E-state index contributed by atoms with van der Waals surface area (Å²) in [6.07, 6.45) is 5.15. The maximum Gasteiger partial charge on any atom is 0.0991 e. The number of aryl methyl sites for hydroxylation is 1. The van der Waals surface area contributed by atoms with Crippen molar-refractivity contribution in [2.24, 2.45) is 0 Å². The zero-order chi connectivity index (χ0) is 16.8. The van der Waals surface area contributed by atoms with E-state index in [1.165, 1.54) is 0 Å². The average molecular weight is 317 g/mol. The maximum atomic E-state index is 9.22. The number of imidazole rings is 1. The van der Waals surface area contributed by atoms with Crippen molar-refractivity contribution >= 4 is 0 Å². The van der Waals surface area contributed by atoms with Gasteiger partial charge in [0.05, 0.1) is 18.0 Å². The molecule has 0 aliphatic carbocycles. The highest BCUT2D eigenvalue weighted by atomic mass is 16.2. The Kier molecular flexibility index (Phi) is 5.05. The Morgan fingerprint density at radius 3 is 2.71 bits per heavy atom. The zero-order valence-electron chi connectivity index (χ0n) is 13.4. The number of nitriles is 1. The van der Waals surface area contributed by atoms with Crippen LogP contribution in [0.2, 0.25) is 0 Å². The van der Waals surface area contributed by atoms with Crippen LogP contribution < -0.4 is 0 Å². The Morgan fingerprint density at radius 2 is 1.96 bits per heavy atom. The van der Waals surface area contributed by atoms with Crippen LogP contribution >= 0.6 is 0 Å². The molecule has 0 aliphatic heterocycles. The van der Waals surface area contributed by atoms with Crippen molar-refractivity contribution in [1.29, 1.82) is 5.26 Å². The quantitative estimate of drug-likeness (QED) is 0.758. The average Bonchev–Trinajstić information content (AvgIpc) is 3.07. The van der Waals surface area contributed by atoms with E-state index >= 15 is 0 Å². The molecule has 4 heteroatoms. The Balaban J connectivity index is 1.98. The van der Waals surface area contributed by atoms with E-state index in [4.69, 9.17) is 5.11 Å². The number of hydrogen-bond acceptors (Lipinski definition) is 3. The topological polar surface area (TPSA) is 61.8 Å². The predicted octanol–water partition coefficient (Wildman–Crippen LogP) is 3.39. The van der Waals surface area contributed by atoms with Crippen LogP contribution in [0.4, 0.5) is 0 Å². The van der Waals surface area contributed by atoms with Crippen molar-refractivity contribution < 1.29 is 5.11 Å². The second-order valence-electron chi connectivity index (χ2n) is 5.69. The van der Waals surface area contributed by atoms with Gasteiger partial charge in [-0.25, -0.2) is 4.98 Å². The van der Waals surface area contributed by atoms with Gasteiger partial charge in [0, 0.05) is 25.0 Å². The van der Waals surface area contributed by atoms with Crippen molar-refractivity contribution in [2.75, 3.05) is 6.61 Å². The molecule has 3 rings (SSSR count). The molecule has 0 unspecified atom stereocenters. The van der Waals surface area contributed by atoms with E-state index in [1.54, 1.807) is 6.33 Å². The molecule has 0 fully saturated rings. The largest absolute Gasteiger partial charge is 0.396 e. The van der Waals surface area contributed by atoms with E-state index in [1.807, 2.05) is 42.6 Å². The highest BCUT2D eigenvalue weighted by Gasteiger charge is 2.09. The smallest absolute Gasteiger partial charge is 0.0991 e.